The number of benzene rings is 2. The Labute approximate surface area is 191 Å². The van der Waals surface area contributed by atoms with E-state index in [4.69, 9.17) is 18.9 Å². The molecule has 2 heterocycles. The molecule has 0 N–H and O–H groups in total. The van der Waals surface area contributed by atoms with Crippen LogP contribution in [0.25, 0.3) is 6.08 Å². The molecule has 0 atom stereocenters. The van der Waals surface area contributed by atoms with Crippen molar-refractivity contribution in [2.45, 2.75) is 4.90 Å². The molecular weight excluding hydrogens is 453 g/mol. The monoisotopic (exact) mass is 477 g/mol. The summed E-state index contributed by atoms with van der Waals surface area (Å²) in [6.45, 7) is 3.84. The molecule has 0 bridgehead atoms. The summed E-state index contributed by atoms with van der Waals surface area (Å²) in [5, 5.41) is 0. The standard InChI is InChI=1S/C23H24FNO7S/c1-29-20-5-3-16(12-18(20)24)2-4-19(26)17-13-23-22(32-15-33(23,27)28)14-21(17)31-11-8-25-6-9-30-10-7-25/h2-5,12-14H,6-11,15H2,1H3. The van der Waals surface area contributed by atoms with Gasteiger partial charge in [-0.2, -0.15) is 0 Å². The number of nitrogens with zero attached hydrogens (tertiary/aromatic N) is 1. The van der Waals surface area contributed by atoms with Gasteiger partial charge in [-0.1, -0.05) is 12.1 Å². The number of hydrogen-bond donors (Lipinski definition) is 0. The van der Waals surface area contributed by atoms with E-state index in [1.807, 2.05) is 0 Å². The molecule has 0 saturated carbocycles. The second kappa shape index (κ2) is 9.90. The van der Waals surface area contributed by atoms with Crippen LogP contribution in [0.3, 0.4) is 0 Å². The van der Waals surface area contributed by atoms with Crippen LogP contribution in [0.2, 0.25) is 0 Å². The third kappa shape index (κ3) is 5.35. The first-order chi connectivity index (χ1) is 15.9. The Bertz CT molecular complexity index is 1170. The van der Waals surface area contributed by atoms with Crippen LogP contribution in [0.4, 0.5) is 4.39 Å². The zero-order valence-electron chi connectivity index (χ0n) is 18.1. The molecule has 2 aromatic carbocycles. The van der Waals surface area contributed by atoms with E-state index >= 15 is 0 Å². The van der Waals surface area contributed by atoms with Gasteiger partial charge in [0.05, 0.1) is 25.9 Å². The highest BCUT2D eigenvalue weighted by Crippen LogP contribution is 2.37. The predicted octanol–water partition coefficient (Wildman–Crippen LogP) is 2.57. The molecule has 2 aliphatic rings. The highest BCUT2D eigenvalue weighted by molar-refractivity contribution is 7.91. The molecule has 8 nitrogen and oxygen atoms in total. The van der Waals surface area contributed by atoms with Crippen molar-refractivity contribution < 1.29 is 36.6 Å². The van der Waals surface area contributed by atoms with E-state index in [1.54, 1.807) is 6.07 Å². The molecule has 0 unspecified atom stereocenters. The lowest BCUT2D eigenvalue weighted by atomic mass is 10.1. The zero-order valence-corrected chi connectivity index (χ0v) is 18.9. The molecule has 0 aromatic heterocycles. The highest BCUT2D eigenvalue weighted by Gasteiger charge is 2.31. The largest absolute Gasteiger partial charge is 0.494 e. The predicted molar refractivity (Wildman–Crippen MR) is 118 cm³/mol. The number of ether oxygens (including phenoxy) is 4. The number of carbonyl (C=O) groups is 1. The van der Waals surface area contributed by atoms with E-state index in [1.165, 1.54) is 43.5 Å². The lowest BCUT2D eigenvalue weighted by Crippen LogP contribution is -2.38. The average molecular weight is 478 g/mol. The van der Waals surface area contributed by atoms with E-state index in [9.17, 15) is 17.6 Å². The van der Waals surface area contributed by atoms with Crippen LogP contribution in [0.1, 0.15) is 15.9 Å². The molecule has 1 fully saturated rings. The molecule has 2 aliphatic heterocycles. The fourth-order valence-corrected chi connectivity index (χ4v) is 4.70. The van der Waals surface area contributed by atoms with Crippen LogP contribution in [-0.2, 0) is 14.6 Å². The van der Waals surface area contributed by atoms with Gasteiger partial charge >= 0.3 is 0 Å². The van der Waals surface area contributed by atoms with E-state index in [0.717, 1.165) is 13.1 Å². The normalized spacial score (nSPS) is 17.5. The summed E-state index contributed by atoms with van der Waals surface area (Å²) in [4.78, 5) is 15.1. The van der Waals surface area contributed by atoms with Crippen LogP contribution < -0.4 is 14.2 Å². The Kier molecular flexibility index (Phi) is 6.96. The fraction of sp³-hybridized carbons (Fsp3) is 0.348. The molecule has 176 valence electrons. The third-order valence-corrected chi connectivity index (χ3v) is 6.81. The van der Waals surface area contributed by atoms with Gasteiger partial charge in [-0.15, -0.1) is 0 Å². The van der Waals surface area contributed by atoms with Gasteiger partial charge in [0, 0.05) is 25.7 Å². The van der Waals surface area contributed by atoms with Crippen molar-refractivity contribution in [1.29, 1.82) is 0 Å². The Hall–Kier alpha value is -2.95. The lowest BCUT2D eigenvalue weighted by molar-refractivity contribution is 0.0322. The SMILES string of the molecule is COc1ccc(C=CC(=O)c2cc3c(cc2OCCN2CCOCC2)OCS3(=O)=O)cc1F. The summed E-state index contributed by atoms with van der Waals surface area (Å²) in [6.07, 6.45) is 2.70. The summed E-state index contributed by atoms with van der Waals surface area (Å²) in [7, 11) is -2.27. The van der Waals surface area contributed by atoms with Crippen molar-refractivity contribution in [2.24, 2.45) is 0 Å². The van der Waals surface area contributed by atoms with Gasteiger partial charge in [0.15, 0.2) is 23.3 Å². The fourth-order valence-electron chi connectivity index (χ4n) is 3.57. The van der Waals surface area contributed by atoms with Crippen molar-refractivity contribution >= 4 is 21.7 Å². The summed E-state index contributed by atoms with van der Waals surface area (Å²) in [5.41, 5.74) is 0.545. The van der Waals surface area contributed by atoms with Gasteiger partial charge in [-0.3, -0.25) is 9.69 Å². The maximum atomic E-state index is 13.9. The summed E-state index contributed by atoms with van der Waals surface area (Å²) < 4.78 is 59.8. The number of rotatable bonds is 8. The Morgan fingerprint density at radius 2 is 1.97 bits per heavy atom. The molecule has 0 aliphatic carbocycles. The zero-order chi connectivity index (χ0) is 23.4. The topological polar surface area (TPSA) is 91.4 Å². The molecule has 33 heavy (non-hydrogen) atoms. The smallest absolute Gasteiger partial charge is 0.216 e. The highest BCUT2D eigenvalue weighted by atomic mass is 32.2. The van der Waals surface area contributed by atoms with Gasteiger partial charge in [-0.05, 0) is 29.8 Å². The maximum absolute atomic E-state index is 13.9. The van der Waals surface area contributed by atoms with E-state index in [2.05, 4.69) is 4.90 Å². The Morgan fingerprint density at radius 3 is 2.70 bits per heavy atom. The van der Waals surface area contributed by atoms with Crippen LogP contribution >= 0.6 is 0 Å². The number of methoxy groups -OCH3 is 1. The van der Waals surface area contributed by atoms with Gasteiger partial charge in [0.1, 0.15) is 23.0 Å². The van der Waals surface area contributed by atoms with Gasteiger partial charge in [0.25, 0.3) is 0 Å². The Morgan fingerprint density at radius 1 is 1.18 bits per heavy atom. The summed E-state index contributed by atoms with van der Waals surface area (Å²) in [5.74, 6) is -1.02. The number of ketones is 1. The third-order valence-electron chi connectivity index (χ3n) is 5.39. The van der Waals surface area contributed by atoms with Crippen LogP contribution in [0.5, 0.6) is 17.2 Å². The van der Waals surface area contributed by atoms with E-state index < -0.39 is 27.4 Å². The first-order valence-electron chi connectivity index (χ1n) is 10.4. The summed E-state index contributed by atoms with van der Waals surface area (Å²) >= 11 is 0. The first-order valence-corrected chi connectivity index (χ1v) is 12.0. The molecule has 1 saturated heterocycles. The number of halogens is 1. The van der Waals surface area contributed by atoms with Gasteiger partial charge < -0.3 is 18.9 Å². The van der Waals surface area contributed by atoms with Crippen molar-refractivity contribution in [1.82, 2.24) is 4.90 Å². The second-order valence-corrected chi connectivity index (χ2v) is 9.47. The molecule has 4 rings (SSSR count). The van der Waals surface area contributed by atoms with Crippen LogP contribution in [0, 0.1) is 5.82 Å². The van der Waals surface area contributed by atoms with Crippen molar-refractivity contribution in [3.8, 4) is 17.2 Å². The second-order valence-electron chi connectivity index (χ2n) is 7.57. The van der Waals surface area contributed by atoms with E-state index in [0.29, 0.717) is 31.9 Å². The number of fused-ring (bicyclic) bond motifs is 1. The molecular formula is C23H24FNO7S. The molecule has 0 radical (unpaired) electrons. The molecule has 0 spiro atoms. The van der Waals surface area contributed by atoms with Gasteiger partial charge in [0.2, 0.25) is 9.84 Å². The van der Waals surface area contributed by atoms with Gasteiger partial charge in [-0.25, -0.2) is 12.8 Å². The number of morpholine rings is 1. The quantitative estimate of drug-likeness (QED) is 0.423. The van der Waals surface area contributed by atoms with Crippen molar-refractivity contribution in [3.63, 3.8) is 0 Å². The Balaban J connectivity index is 1.56. The molecule has 2 aromatic rings. The minimum absolute atomic E-state index is 0.0460. The number of hydrogen-bond acceptors (Lipinski definition) is 8. The minimum atomic E-state index is -3.64. The number of allylic oxidation sites excluding steroid dienone is 1. The first kappa shape index (κ1) is 23.2. The molecule has 0 amide bonds. The van der Waals surface area contributed by atoms with Crippen molar-refractivity contribution in [3.05, 3.63) is 53.4 Å². The lowest BCUT2D eigenvalue weighted by Gasteiger charge is -2.26. The van der Waals surface area contributed by atoms with Crippen molar-refractivity contribution in [2.75, 3.05) is 52.5 Å². The number of carbonyl (C=O) groups excluding carboxylic acids is 1. The van der Waals surface area contributed by atoms with E-state index in [-0.39, 0.29) is 27.7 Å². The minimum Gasteiger partial charge on any atom is -0.494 e. The van der Waals surface area contributed by atoms with Crippen LogP contribution in [-0.4, -0.2) is 71.6 Å². The van der Waals surface area contributed by atoms with Crippen LogP contribution in [0.15, 0.2) is 41.3 Å². The number of sulfone groups is 1. The summed E-state index contributed by atoms with van der Waals surface area (Å²) in [6, 6.07) is 7.02. The maximum Gasteiger partial charge on any atom is 0.216 e. The average Bonchev–Trinajstić information content (AvgIpc) is 3.11. The molecule has 10 heteroatoms.